The van der Waals surface area contributed by atoms with Crippen molar-refractivity contribution >= 4 is 9.84 Å². The van der Waals surface area contributed by atoms with Gasteiger partial charge in [-0.1, -0.05) is 13.8 Å². The summed E-state index contributed by atoms with van der Waals surface area (Å²) in [5, 5.41) is 3.38. The molecule has 0 saturated carbocycles. The summed E-state index contributed by atoms with van der Waals surface area (Å²) in [6.07, 6.45) is 2.92. The second kappa shape index (κ2) is 5.12. The maximum Gasteiger partial charge on any atom is 0.150 e. The van der Waals surface area contributed by atoms with E-state index in [0.29, 0.717) is 23.5 Å². The molecule has 1 aliphatic heterocycles. The molecule has 0 bridgehead atoms. The first kappa shape index (κ1) is 12.0. The molecule has 1 aliphatic rings. The normalized spacial score (nSPS) is 28.6. The van der Waals surface area contributed by atoms with Crippen LogP contribution in [0, 0.1) is 5.92 Å². The summed E-state index contributed by atoms with van der Waals surface area (Å²) in [6, 6.07) is 0.384. The van der Waals surface area contributed by atoms with Crippen LogP contribution in [0.5, 0.6) is 0 Å². The van der Waals surface area contributed by atoms with Gasteiger partial charge in [0, 0.05) is 6.04 Å². The van der Waals surface area contributed by atoms with Crippen LogP contribution in [0.3, 0.4) is 0 Å². The molecule has 3 nitrogen and oxygen atoms in total. The van der Waals surface area contributed by atoms with E-state index in [2.05, 4.69) is 19.2 Å². The Hall–Kier alpha value is -0.0900. The molecule has 1 heterocycles. The van der Waals surface area contributed by atoms with Crippen LogP contribution in [0.15, 0.2) is 0 Å². The Labute approximate surface area is 87.2 Å². The van der Waals surface area contributed by atoms with Gasteiger partial charge in [-0.25, -0.2) is 8.42 Å². The summed E-state index contributed by atoms with van der Waals surface area (Å²) in [5.74, 6) is 1.11. The molecule has 0 aromatic carbocycles. The number of sulfone groups is 1. The van der Waals surface area contributed by atoms with Crippen molar-refractivity contribution in [3.8, 4) is 0 Å². The molecule has 0 spiro atoms. The fourth-order valence-corrected chi connectivity index (χ4v) is 4.11. The van der Waals surface area contributed by atoms with Gasteiger partial charge in [0.05, 0.1) is 11.5 Å². The molecule has 1 N–H and O–H groups in total. The smallest absolute Gasteiger partial charge is 0.150 e. The van der Waals surface area contributed by atoms with Crippen molar-refractivity contribution in [2.24, 2.45) is 5.92 Å². The van der Waals surface area contributed by atoms with Crippen LogP contribution in [0.4, 0.5) is 0 Å². The standard InChI is InChI=1S/C10H21NO2S/c1-3-10(11-4-2)9-6-5-7-14(12,13)8-9/h9-11H,3-8H2,1-2H3. The van der Waals surface area contributed by atoms with Gasteiger partial charge in [0.15, 0.2) is 9.84 Å². The molecule has 1 saturated heterocycles. The molecular formula is C10H21NO2S. The second-order valence-corrected chi connectivity index (χ2v) is 6.32. The first-order chi connectivity index (χ1) is 6.59. The predicted molar refractivity (Wildman–Crippen MR) is 59.1 cm³/mol. The molecule has 0 aliphatic carbocycles. The zero-order valence-corrected chi connectivity index (χ0v) is 9.94. The van der Waals surface area contributed by atoms with Crippen LogP contribution in [0.1, 0.15) is 33.1 Å². The minimum Gasteiger partial charge on any atom is -0.314 e. The van der Waals surface area contributed by atoms with Gasteiger partial charge in [0.2, 0.25) is 0 Å². The van der Waals surface area contributed by atoms with E-state index in [9.17, 15) is 8.42 Å². The number of hydrogen-bond donors (Lipinski definition) is 1. The molecule has 1 rings (SSSR count). The molecule has 14 heavy (non-hydrogen) atoms. The lowest BCUT2D eigenvalue weighted by atomic mass is 9.94. The predicted octanol–water partition coefficient (Wildman–Crippen LogP) is 1.20. The van der Waals surface area contributed by atoms with Crippen molar-refractivity contribution in [2.45, 2.75) is 39.2 Å². The van der Waals surface area contributed by atoms with Crippen molar-refractivity contribution in [2.75, 3.05) is 18.1 Å². The lowest BCUT2D eigenvalue weighted by Crippen LogP contribution is -2.41. The first-order valence-electron chi connectivity index (χ1n) is 5.53. The summed E-state index contributed by atoms with van der Waals surface area (Å²) < 4.78 is 22.9. The molecule has 4 heteroatoms. The molecule has 84 valence electrons. The van der Waals surface area contributed by atoms with E-state index < -0.39 is 9.84 Å². The van der Waals surface area contributed by atoms with Crippen molar-refractivity contribution in [1.29, 1.82) is 0 Å². The lowest BCUT2D eigenvalue weighted by molar-refractivity contribution is 0.344. The monoisotopic (exact) mass is 219 g/mol. The average Bonchev–Trinajstić information content (AvgIpc) is 2.12. The summed E-state index contributed by atoms with van der Waals surface area (Å²) in [4.78, 5) is 0. The van der Waals surface area contributed by atoms with Crippen molar-refractivity contribution in [3.05, 3.63) is 0 Å². The SMILES string of the molecule is CCNC(CC)C1CCCS(=O)(=O)C1. The van der Waals surface area contributed by atoms with E-state index in [0.717, 1.165) is 25.8 Å². The molecule has 2 atom stereocenters. The maximum atomic E-state index is 11.5. The topological polar surface area (TPSA) is 46.2 Å². The van der Waals surface area contributed by atoms with Crippen LogP contribution < -0.4 is 5.32 Å². The summed E-state index contributed by atoms with van der Waals surface area (Å²) in [5.41, 5.74) is 0. The fourth-order valence-electron chi connectivity index (χ4n) is 2.28. The van der Waals surface area contributed by atoms with Gasteiger partial charge in [-0.05, 0) is 31.7 Å². The molecule has 2 unspecified atom stereocenters. The van der Waals surface area contributed by atoms with E-state index in [1.54, 1.807) is 0 Å². The number of nitrogens with one attached hydrogen (secondary N) is 1. The number of hydrogen-bond acceptors (Lipinski definition) is 3. The molecule has 1 fully saturated rings. The van der Waals surface area contributed by atoms with Gasteiger partial charge in [0.1, 0.15) is 0 Å². The van der Waals surface area contributed by atoms with Gasteiger partial charge < -0.3 is 5.32 Å². The van der Waals surface area contributed by atoms with Gasteiger partial charge in [-0.3, -0.25) is 0 Å². The van der Waals surface area contributed by atoms with Crippen molar-refractivity contribution < 1.29 is 8.42 Å². The zero-order valence-electron chi connectivity index (χ0n) is 9.12. The Bertz CT molecular complexity index is 261. The van der Waals surface area contributed by atoms with Crippen molar-refractivity contribution in [3.63, 3.8) is 0 Å². The Morgan fingerprint density at radius 2 is 2.14 bits per heavy atom. The third-order valence-electron chi connectivity index (χ3n) is 2.97. The van der Waals surface area contributed by atoms with Crippen LogP contribution >= 0.6 is 0 Å². The minimum atomic E-state index is -2.75. The van der Waals surface area contributed by atoms with Crippen LogP contribution in [0.25, 0.3) is 0 Å². The highest BCUT2D eigenvalue weighted by molar-refractivity contribution is 7.91. The summed E-state index contributed by atoms with van der Waals surface area (Å²) in [6.45, 7) is 5.11. The largest absolute Gasteiger partial charge is 0.314 e. The highest BCUT2D eigenvalue weighted by Gasteiger charge is 2.29. The lowest BCUT2D eigenvalue weighted by Gasteiger charge is -2.29. The van der Waals surface area contributed by atoms with E-state index in [1.165, 1.54) is 0 Å². The van der Waals surface area contributed by atoms with E-state index in [4.69, 9.17) is 0 Å². The first-order valence-corrected chi connectivity index (χ1v) is 7.35. The second-order valence-electron chi connectivity index (χ2n) is 4.09. The molecule has 0 amide bonds. The highest BCUT2D eigenvalue weighted by Crippen LogP contribution is 2.22. The summed E-state index contributed by atoms with van der Waals surface area (Å²) >= 11 is 0. The van der Waals surface area contributed by atoms with Crippen LogP contribution in [-0.2, 0) is 9.84 Å². The quantitative estimate of drug-likeness (QED) is 0.773. The Kier molecular flexibility index (Phi) is 4.38. The minimum absolute atomic E-state index is 0.332. The Morgan fingerprint density at radius 1 is 1.43 bits per heavy atom. The molecular weight excluding hydrogens is 198 g/mol. The molecule has 0 aromatic rings. The van der Waals surface area contributed by atoms with Crippen molar-refractivity contribution in [1.82, 2.24) is 5.32 Å². The fraction of sp³-hybridized carbons (Fsp3) is 1.00. The Balaban J connectivity index is 2.57. The average molecular weight is 219 g/mol. The van der Waals surface area contributed by atoms with Crippen LogP contribution in [0.2, 0.25) is 0 Å². The third-order valence-corrected chi connectivity index (χ3v) is 4.82. The third kappa shape index (κ3) is 3.24. The van der Waals surface area contributed by atoms with Gasteiger partial charge in [-0.15, -0.1) is 0 Å². The van der Waals surface area contributed by atoms with E-state index >= 15 is 0 Å². The Morgan fingerprint density at radius 3 is 2.64 bits per heavy atom. The zero-order chi connectivity index (χ0) is 10.6. The number of rotatable bonds is 4. The van der Waals surface area contributed by atoms with E-state index in [-0.39, 0.29) is 0 Å². The summed E-state index contributed by atoms with van der Waals surface area (Å²) in [7, 11) is -2.75. The van der Waals surface area contributed by atoms with E-state index in [1.807, 2.05) is 0 Å². The maximum absolute atomic E-state index is 11.5. The van der Waals surface area contributed by atoms with Crippen LogP contribution in [-0.4, -0.2) is 32.5 Å². The molecule has 0 aromatic heterocycles. The molecule has 0 radical (unpaired) electrons. The van der Waals surface area contributed by atoms with Gasteiger partial charge in [0.25, 0.3) is 0 Å². The van der Waals surface area contributed by atoms with Gasteiger partial charge in [-0.2, -0.15) is 0 Å². The highest BCUT2D eigenvalue weighted by atomic mass is 32.2. The van der Waals surface area contributed by atoms with Gasteiger partial charge >= 0.3 is 0 Å².